The van der Waals surface area contributed by atoms with E-state index >= 15 is 0 Å². The summed E-state index contributed by atoms with van der Waals surface area (Å²) in [5.74, 6) is 1.62. The second kappa shape index (κ2) is 10.2. The third-order valence-corrected chi connectivity index (χ3v) is 8.30. The number of ketones is 1. The Bertz CT molecular complexity index is 1390. The molecule has 0 bridgehead atoms. The van der Waals surface area contributed by atoms with Gasteiger partial charge in [0.2, 0.25) is 5.78 Å². The summed E-state index contributed by atoms with van der Waals surface area (Å²) in [7, 11) is 3.29. The van der Waals surface area contributed by atoms with E-state index in [1.807, 2.05) is 43.3 Å². The zero-order valence-electron chi connectivity index (χ0n) is 22.8. The van der Waals surface area contributed by atoms with Crippen molar-refractivity contribution in [2.24, 2.45) is 5.41 Å². The smallest absolute Gasteiger partial charge is 0.201 e. The molecule has 2 unspecified atom stereocenters. The summed E-state index contributed by atoms with van der Waals surface area (Å²) in [6.07, 6.45) is 7.07. The van der Waals surface area contributed by atoms with Gasteiger partial charge < -0.3 is 19.3 Å². The Morgan fingerprint density at radius 1 is 0.947 bits per heavy atom. The third kappa shape index (κ3) is 4.24. The van der Waals surface area contributed by atoms with Gasteiger partial charge in [0.05, 0.1) is 25.3 Å². The van der Waals surface area contributed by atoms with Crippen LogP contribution in [0.25, 0.3) is 0 Å². The number of methoxy groups -OCH3 is 2. The van der Waals surface area contributed by atoms with E-state index in [-0.39, 0.29) is 28.8 Å². The number of hydrogen-bond donors (Lipinski definition) is 1. The number of carbonyl (C=O) groups excluding carboxylic acids is 1. The molecule has 2 aliphatic carbocycles. The number of phenols is 1. The molecule has 0 radical (unpaired) electrons. The molecule has 3 aromatic rings. The molecule has 1 N–H and O–H groups in total. The second-order valence-corrected chi connectivity index (χ2v) is 10.9. The Labute approximate surface area is 225 Å². The van der Waals surface area contributed by atoms with Crippen LogP contribution in [0.15, 0.2) is 60.7 Å². The molecule has 0 saturated carbocycles. The number of benzene rings is 3. The van der Waals surface area contributed by atoms with E-state index in [0.717, 1.165) is 47.3 Å². The maximum absolute atomic E-state index is 14.2. The van der Waals surface area contributed by atoms with Gasteiger partial charge in [-0.3, -0.25) is 4.79 Å². The molecule has 3 aromatic carbocycles. The van der Waals surface area contributed by atoms with Crippen LogP contribution in [0.4, 0.5) is 0 Å². The highest BCUT2D eigenvalue weighted by molar-refractivity contribution is 6.17. The molecule has 5 heteroatoms. The monoisotopic (exact) mass is 512 g/mol. The lowest BCUT2D eigenvalue weighted by Crippen LogP contribution is -2.21. The Morgan fingerprint density at radius 3 is 2.37 bits per heavy atom. The Hall–Kier alpha value is -3.73. The molecular weight excluding hydrogens is 476 g/mol. The molecule has 0 saturated heterocycles. The molecule has 0 fully saturated rings. The van der Waals surface area contributed by atoms with Gasteiger partial charge in [-0.15, -0.1) is 0 Å². The normalized spacial score (nSPS) is 17.9. The number of phenolic OH excluding ortho intramolecular Hbond substituents is 1. The lowest BCUT2D eigenvalue weighted by atomic mass is 9.72. The standard InChI is InChI=1S/C33H36O5/c1-6-7-11-16-33(2,3)22-17-21-27-24(36-4)15-14-23(34)30(27)32(35)31-26(18-25(37-5)29(22)28(21)31)38-19-20-12-9-8-10-13-20/h6-10,12-15,18,21-22,34H,11,16-17,19H2,1-5H3/b7-6+. The van der Waals surface area contributed by atoms with E-state index in [0.29, 0.717) is 29.2 Å². The van der Waals surface area contributed by atoms with Crippen LogP contribution in [-0.2, 0) is 6.61 Å². The largest absolute Gasteiger partial charge is 0.507 e. The number of fused-ring (bicyclic) bond motifs is 2. The van der Waals surface area contributed by atoms with Crippen LogP contribution in [-0.4, -0.2) is 25.1 Å². The Kier molecular flexibility index (Phi) is 6.95. The highest BCUT2D eigenvalue weighted by atomic mass is 16.5. The first-order chi connectivity index (χ1) is 18.3. The van der Waals surface area contributed by atoms with Gasteiger partial charge in [-0.2, -0.15) is 0 Å². The summed E-state index contributed by atoms with van der Waals surface area (Å²) in [4.78, 5) is 14.2. The van der Waals surface area contributed by atoms with Crippen molar-refractivity contribution in [1.82, 2.24) is 0 Å². The van der Waals surface area contributed by atoms with Gasteiger partial charge in [0, 0.05) is 23.1 Å². The lowest BCUT2D eigenvalue weighted by molar-refractivity contribution is 0.102. The molecular formula is C33H36O5. The van der Waals surface area contributed by atoms with E-state index in [1.165, 1.54) is 0 Å². The van der Waals surface area contributed by atoms with E-state index in [4.69, 9.17) is 14.2 Å². The highest BCUT2D eigenvalue weighted by Crippen LogP contribution is 2.62. The van der Waals surface area contributed by atoms with Crippen LogP contribution in [0.3, 0.4) is 0 Å². The van der Waals surface area contributed by atoms with Crippen molar-refractivity contribution in [2.75, 3.05) is 14.2 Å². The van der Waals surface area contributed by atoms with Crippen LogP contribution in [0, 0.1) is 5.41 Å². The van der Waals surface area contributed by atoms with Crippen molar-refractivity contribution >= 4 is 5.78 Å². The van der Waals surface area contributed by atoms with Crippen LogP contribution in [0.5, 0.6) is 23.0 Å². The average Bonchev–Trinajstić information content (AvgIpc) is 3.33. The van der Waals surface area contributed by atoms with Crippen LogP contribution < -0.4 is 14.2 Å². The minimum Gasteiger partial charge on any atom is -0.507 e. The van der Waals surface area contributed by atoms with E-state index < -0.39 is 0 Å². The van der Waals surface area contributed by atoms with Crippen LogP contribution >= 0.6 is 0 Å². The number of carbonyl (C=O) groups is 1. The van der Waals surface area contributed by atoms with Gasteiger partial charge in [0.25, 0.3) is 0 Å². The number of allylic oxidation sites excluding steroid dienone is 2. The Morgan fingerprint density at radius 2 is 1.68 bits per heavy atom. The highest BCUT2D eigenvalue weighted by Gasteiger charge is 2.50. The third-order valence-electron chi connectivity index (χ3n) is 8.30. The first-order valence-corrected chi connectivity index (χ1v) is 13.3. The molecule has 38 heavy (non-hydrogen) atoms. The van der Waals surface area contributed by atoms with Crippen LogP contribution in [0.1, 0.15) is 90.0 Å². The van der Waals surface area contributed by atoms with Crippen molar-refractivity contribution in [3.05, 3.63) is 94.1 Å². The maximum atomic E-state index is 14.2. The maximum Gasteiger partial charge on any atom is 0.201 e. The van der Waals surface area contributed by atoms with Crippen molar-refractivity contribution < 1.29 is 24.1 Å². The number of ether oxygens (including phenoxy) is 3. The van der Waals surface area contributed by atoms with Crippen molar-refractivity contribution in [1.29, 1.82) is 0 Å². The first kappa shape index (κ1) is 25.9. The van der Waals surface area contributed by atoms with Crippen molar-refractivity contribution in [2.45, 2.75) is 58.5 Å². The van der Waals surface area contributed by atoms with E-state index in [1.54, 1.807) is 26.4 Å². The number of rotatable bonds is 9. The molecule has 0 heterocycles. The fourth-order valence-electron chi connectivity index (χ4n) is 6.36. The number of hydrogen-bond acceptors (Lipinski definition) is 5. The van der Waals surface area contributed by atoms with Crippen molar-refractivity contribution in [3.63, 3.8) is 0 Å². The molecule has 2 atom stereocenters. The molecule has 5 nitrogen and oxygen atoms in total. The van der Waals surface area contributed by atoms with Gasteiger partial charge in [0.1, 0.15) is 29.6 Å². The van der Waals surface area contributed by atoms with E-state index in [2.05, 4.69) is 26.0 Å². The fraction of sp³-hybridized carbons (Fsp3) is 0.364. The Balaban J connectivity index is 1.72. The predicted octanol–water partition coefficient (Wildman–Crippen LogP) is 7.53. The summed E-state index contributed by atoms with van der Waals surface area (Å²) in [6.45, 7) is 6.96. The molecule has 5 rings (SSSR count). The molecule has 198 valence electrons. The summed E-state index contributed by atoms with van der Waals surface area (Å²) in [6, 6.07) is 15.1. The van der Waals surface area contributed by atoms with Crippen LogP contribution in [0.2, 0.25) is 0 Å². The lowest BCUT2D eigenvalue weighted by Gasteiger charge is -2.33. The summed E-state index contributed by atoms with van der Waals surface area (Å²) < 4.78 is 18.1. The van der Waals surface area contributed by atoms with Gasteiger partial charge >= 0.3 is 0 Å². The van der Waals surface area contributed by atoms with Gasteiger partial charge in [-0.1, -0.05) is 56.3 Å². The second-order valence-electron chi connectivity index (χ2n) is 10.9. The van der Waals surface area contributed by atoms with Crippen molar-refractivity contribution in [3.8, 4) is 23.0 Å². The van der Waals surface area contributed by atoms with Gasteiger partial charge in [-0.25, -0.2) is 0 Å². The van der Waals surface area contributed by atoms with Gasteiger partial charge in [0.15, 0.2) is 0 Å². The summed E-state index contributed by atoms with van der Waals surface area (Å²) >= 11 is 0. The molecule has 0 amide bonds. The molecule has 0 aliphatic heterocycles. The van der Waals surface area contributed by atoms with Gasteiger partial charge in [-0.05, 0) is 60.8 Å². The topological polar surface area (TPSA) is 65.0 Å². The molecule has 0 spiro atoms. The summed E-state index contributed by atoms with van der Waals surface area (Å²) in [5.41, 5.74) is 4.59. The fourth-order valence-corrected chi connectivity index (χ4v) is 6.36. The first-order valence-electron chi connectivity index (χ1n) is 13.3. The minimum atomic E-state index is -0.234. The number of aromatic hydroxyl groups is 1. The minimum absolute atomic E-state index is 0.0291. The molecule has 0 aromatic heterocycles. The quantitative estimate of drug-likeness (QED) is 0.300. The SMILES string of the molecule is C/C=C/CCC(C)(C)C1CC2c3c(OC)ccc(O)c3C(=O)c3c(OCc4ccccc4)cc(OC)c1c32. The predicted molar refractivity (Wildman–Crippen MR) is 149 cm³/mol. The summed E-state index contributed by atoms with van der Waals surface area (Å²) in [5, 5.41) is 10.9. The molecule has 2 aliphatic rings. The van der Waals surface area contributed by atoms with E-state index in [9.17, 15) is 9.90 Å². The zero-order chi connectivity index (χ0) is 27.0. The average molecular weight is 513 g/mol. The zero-order valence-corrected chi connectivity index (χ0v) is 22.8.